The van der Waals surface area contributed by atoms with E-state index in [0.717, 1.165) is 48.6 Å². The van der Waals surface area contributed by atoms with Crippen LogP contribution in [0.3, 0.4) is 0 Å². The second kappa shape index (κ2) is 12.6. The van der Waals surface area contributed by atoms with Gasteiger partial charge in [0.15, 0.2) is 5.82 Å². The minimum Gasteiger partial charge on any atom is -0.471 e. The Bertz CT molecular complexity index is 2350. The second-order valence-corrected chi connectivity index (χ2v) is 15.4. The van der Waals surface area contributed by atoms with Crippen LogP contribution < -0.4 is 10.1 Å². The molecule has 2 aromatic carbocycles. The third-order valence-electron chi connectivity index (χ3n) is 11.4. The van der Waals surface area contributed by atoms with Gasteiger partial charge in [-0.3, -0.25) is 4.79 Å². The third kappa shape index (κ3) is 5.63. The Morgan fingerprint density at radius 2 is 1.96 bits per heavy atom. The van der Waals surface area contributed by atoms with Crippen molar-refractivity contribution in [1.82, 2.24) is 29.5 Å². The molecule has 5 fully saturated rings. The predicted octanol–water partition coefficient (Wildman–Crippen LogP) is 8.40. The molecule has 2 aliphatic carbocycles. The number of nitrogens with zero attached hydrogens (tertiary/aromatic N) is 6. The van der Waals surface area contributed by atoms with Gasteiger partial charge in [0.1, 0.15) is 11.6 Å². The first-order chi connectivity index (χ1) is 25.4. The minimum absolute atomic E-state index is 0.0129. The zero-order valence-electron chi connectivity index (χ0n) is 28.4. The van der Waals surface area contributed by atoms with Crippen molar-refractivity contribution in [2.45, 2.75) is 76.0 Å². The van der Waals surface area contributed by atoms with E-state index >= 15 is 4.39 Å². The van der Waals surface area contributed by atoms with Crippen LogP contribution in [0.25, 0.3) is 32.9 Å². The average Bonchev–Trinajstić information content (AvgIpc) is 3.59. The number of nitrogens with one attached hydrogen (secondary N) is 1. The Kier molecular flexibility index (Phi) is 8.18. The monoisotopic (exact) mass is 765 g/mol. The molecule has 5 aromatic rings. The zero-order valence-corrected chi connectivity index (χ0v) is 29.9. The fourth-order valence-electron chi connectivity index (χ4n) is 8.75. The average molecular weight is 767 g/mol. The third-order valence-corrected chi connectivity index (χ3v) is 12.2. The number of likely N-dealkylation sites (tertiary alicyclic amines) is 1. The summed E-state index contributed by atoms with van der Waals surface area (Å²) in [4.78, 5) is 20.6. The number of benzene rings is 2. The van der Waals surface area contributed by atoms with Gasteiger partial charge in [-0.1, -0.05) is 35.3 Å². The molecule has 2 bridgehead atoms. The number of halogens is 6. The topological polar surface area (TPSA) is 101 Å². The van der Waals surface area contributed by atoms with Gasteiger partial charge in [-0.2, -0.15) is 9.94 Å². The summed E-state index contributed by atoms with van der Waals surface area (Å²) in [6.07, 6.45) is -1.22. The number of fused-ring (bicyclic) bond motifs is 4. The Hall–Kier alpha value is -4.38. The first-order valence-corrected chi connectivity index (χ1v) is 18.5. The van der Waals surface area contributed by atoms with E-state index in [9.17, 15) is 23.2 Å². The number of carbonyl (C=O) groups is 1. The lowest BCUT2D eigenvalue weighted by molar-refractivity contribution is -0.212. The van der Waals surface area contributed by atoms with Crippen molar-refractivity contribution in [3.8, 4) is 23.1 Å². The summed E-state index contributed by atoms with van der Waals surface area (Å²) in [5.41, 5.74) is 3.65. The maximum absolute atomic E-state index is 17.1. The second-order valence-electron chi connectivity index (χ2n) is 14.6. The van der Waals surface area contributed by atoms with Gasteiger partial charge in [-0.05, 0) is 62.3 Å². The van der Waals surface area contributed by atoms with Crippen LogP contribution in [0.4, 0.5) is 17.6 Å². The van der Waals surface area contributed by atoms with E-state index in [1.54, 1.807) is 18.2 Å². The quantitative estimate of drug-likeness (QED) is 0.159. The van der Waals surface area contributed by atoms with Crippen LogP contribution in [0, 0.1) is 35.9 Å². The van der Waals surface area contributed by atoms with Gasteiger partial charge in [-0.25, -0.2) is 9.37 Å². The largest absolute Gasteiger partial charge is 0.504 e. The fourth-order valence-corrected chi connectivity index (χ4v) is 9.15. The maximum Gasteiger partial charge on any atom is 0.504 e. The summed E-state index contributed by atoms with van der Waals surface area (Å²) in [5.74, 6) is -0.557. The summed E-state index contributed by atoms with van der Waals surface area (Å²) in [6, 6.07) is 12.1. The standard InChI is InChI=1S/C38H33Cl2F4N7O2/c1-18-24-15-29(28-14-22(17-49(28)37(52)19-7-8-19)53-30-9-11-50(48-30)38(42,43)44)51(35-21-13-27(35)46-16-21)36(24)25-12-20(4-3-10-45)31(33(41)34(25)47-18)23-5-2-6-26(39)32(23)40/h2,5-6,9,11-12,15,19,21-22,27-28,35,46H,3-4,7-8,13-14,16-17H2,1H3. The Morgan fingerprint density at radius 3 is 2.64 bits per heavy atom. The lowest BCUT2D eigenvalue weighted by atomic mass is 9.79. The number of aromatic nitrogens is 4. The van der Waals surface area contributed by atoms with Crippen LogP contribution in [0.15, 0.2) is 42.6 Å². The van der Waals surface area contributed by atoms with Crippen molar-refractivity contribution in [2.75, 3.05) is 13.1 Å². The molecule has 2 saturated carbocycles. The summed E-state index contributed by atoms with van der Waals surface area (Å²) >= 11 is 13.0. The summed E-state index contributed by atoms with van der Waals surface area (Å²) in [5, 5.41) is 18.6. The highest BCUT2D eigenvalue weighted by atomic mass is 35.5. The number of aryl methyl sites for hydroxylation is 2. The van der Waals surface area contributed by atoms with Crippen molar-refractivity contribution in [2.24, 2.45) is 11.8 Å². The Morgan fingerprint density at radius 1 is 1.15 bits per heavy atom. The molecule has 5 atom stereocenters. The van der Waals surface area contributed by atoms with Gasteiger partial charge in [0.05, 0.1) is 40.3 Å². The summed E-state index contributed by atoms with van der Waals surface area (Å²) in [6.45, 7) is 2.84. The lowest BCUT2D eigenvalue weighted by Gasteiger charge is -2.39. The Balaban J connectivity index is 1.23. The van der Waals surface area contributed by atoms with Gasteiger partial charge < -0.3 is 19.5 Å². The molecular weight excluding hydrogens is 733 g/mol. The van der Waals surface area contributed by atoms with E-state index in [1.807, 2.05) is 24.0 Å². The van der Waals surface area contributed by atoms with Crippen LogP contribution in [0.5, 0.6) is 5.88 Å². The molecular formula is C38H33Cl2F4N7O2. The van der Waals surface area contributed by atoms with E-state index in [0.29, 0.717) is 34.5 Å². The predicted molar refractivity (Wildman–Crippen MR) is 190 cm³/mol. The van der Waals surface area contributed by atoms with Crippen LogP contribution >= 0.6 is 23.2 Å². The fraction of sp³-hybridized carbons (Fsp3) is 0.421. The zero-order chi connectivity index (χ0) is 36.9. The number of amides is 1. The number of pyridine rings is 1. The van der Waals surface area contributed by atoms with Gasteiger partial charge in [-0.15, -0.1) is 18.3 Å². The van der Waals surface area contributed by atoms with E-state index in [-0.39, 0.29) is 75.0 Å². The van der Waals surface area contributed by atoms with E-state index < -0.39 is 24.3 Å². The van der Waals surface area contributed by atoms with Crippen LogP contribution in [0.1, 0.15) is 61.1 Å². The molecule has 9 nitrogen and oxygen atoms in total. The van der Waals surface area contributed by atoms with Crippen molar-refractivity contribution in [1.29, 1.82) is 5.26 Å². The van der Waals surface area contributed by atoms with Gasteiger partial charge in [0, 0.05) is 76.9 Å². The molecule has 1 N–H and O–H groups in total. The minimum atomic E-state index is -4.69. The number of rotatable bonds is 8. The normalized spacial score (nSPS) is 23.9. The van der Waals surface area contributed by atoms with Crippen LogP contribution in [-0.4, -0.2) is 55.4 Å². The van der Waals surface area contributed by atoms with Crippen molar-refractivity contribution in [3.63, 3.8) is 0 Å². The van der Waals surface area contributed by atoms with E-state index in [2.05, 4.69) is 21.1 Å². The first kappa shape index (κ1) is 34.4. The molecule has 53 heavy (non-hydrogen) atoms. The smallest absolute Gasteiger partial charge is 0.471 e. The Labute approximate surface area is 311 Å². The molecule has 5 unspecified atom stereocenters. The van der Waals surface area contributed by atoms with E-state index in [4.69, 9.17) is 32.9 Å². The molecule has 15 heteroatoms. The molecule has 0 radical (unpaired) electrons. The van der Waals surface area contributed by atoms with Crippen molar-refractivity contribution < 1.29 is 27.1 Å². The molecule has 274 valence electrons. The highest BCUT2D eigenvalue weighted by Gasteiger charge is 2.51. The molecule has 1 amide bonds. The number of ether oxygens (including phenoxy) is 1. The van der Waals surface area contributed by atoms with Gasteiger partial charge in [0.2, 0.25) is 11.8 Å². The lowest BCUT2D eigenvalue weighted by Crippen LogP contribution is -2.41. The van der Waals surface area contributed by atoms with Crippen LogP contribution in [-0.2, 0) is 17.5 Å². The number of alkyl halides is 3. The number of nitriles is 1. The highest BCUT2D eigenvalue weighted by Crippen LogP contribution is 2.51. The summed E-state index contributed by atoms with van der Waals surface area (Å²) in [7, 11) is 0. The molecule has 10 rings (SSSR count). The SMILES string of the molecule is Cc1nc2c(F)c(-c3cccc(Cl)c3Cl)c(CCC#N)cc2c2c1cc(C1CC(Oc3ccn(C(F)(F)F)n3)CN1C(=O)C1CC1)n2C1C2CNC1C2. The van der Waals surface area contributed by atoms with Gasteiger partial charge >= 0.3 is 6.30 Å². The molecule has 6 heterocycles. The summed E-state index contributed by atoms with van der Waals surface area (Å²) < 4.78 is 65.3. The number of hydrogen-bond acceptors (Lipinski definition) is 6. The highest BCUT2D eigenvalue weighted by molar-refractivity contribution is 6.43. The van der Waals surface area contributed by atoms with Crippen molar-refractivity contribution >= 4 is 50.9 Å². The van der Waals surface area contributed by atoms with Crippen molar-refractivity contribution in [3.05, 3.63) is 75.4 Å². The molecule has 3 aliphatic heterocycles. The maximum atomic E-state index is 17.1. The molecule has 3 aromatic heterocycles. The van der Waals surface area contributed by atoms with Gasteiger partial charge in [0.25, 0.3) is 0 Å². The molecule has 3 saturated heterocycles. The van der Waals surface area contributed by atoms with E-state index in [1.165, 1.54) is 6.07 Å². The molecule has 5 aliphatic rings. The molecule has 0 spiro atoms. The van der Waals surface area contributed by atoms with Crippen LogP contribution in [0.2, 0.25) is 10.0 Å². The first-order valence-electron chi connectivity index (χ1n) is 17.7. The number of hydrogen-bond donors (Lipinski definition) is 1. The number of carbonyl (C=O) groups excluding carboxylic acids is 1.